The molecule has 0 radical (unpaired) electrons. The van der Waals surface area contributed by atoms with Crippen LogP contribution in [0.15, 0.2) is 24.3 Å². The van der Waals surface area contributed by atoms with Crippen LogP contribution in [-0.4, -0.2) is 41.6 Å². The number of hydrogen-bond acceptors (Lipinski definition) is 4. The Morgan fingerprint density at radius 2 is 1.90 bits per heavy atom. The molecule has 1 rings (SSSR count). The van der Waals surface area contributed by atoms with E-state index in [4.69, 9.17) is 4.74 Å². The second-order valence-electron chi connectivity index (χ2n) is 5.42. The second kappa shape index (κ2) is 8.25. The summed E-state index contributed by atoms with van der Waals surface area (Å²) in [6, 6.07) is 7.89. The summed E-state index contributed by atoms with van der Waals surface area (Å²) < 4.78 is 5.55. The first kappa shape index (κ1) is 17.0. The van der Waals surface area contributed by atoms with Crippen molar-refractivity contribution in [3.05, 3.63) is 29.8 Å². The number of hydrogen-bond donors (Lipinski definition) is 3. The van der Waals surface area contributed by atoms with Crippen LogP contribution >= 0.6 is 0 Å². The summed E-state index contributed by atoms with van der Waals surface area (Å²) in [7, 11) is 0. The summed E-state index contributed by atoms with van der Waals surface area (Å²) in [5.74, 6) is 0.765. The zero-order valence-corrected chi connectivity index (χ0v) is 12.7. The Balaban J connectivity index is 2.33. The van der Waals surface area contributed by atoms with Gasteiger partial charge in [-0.15, -0.1) is 0 Å². The van der Waals surface area contributed by atoms with Gasteiger partial charge in [-0.05, 0) is 37.5 Å². The molecule has 0 aliphatic carbocycles. The van der Waals surface area contributed by atoms with Gasteiger partial charge >= 0.3 is 0 Å². The number of aliphatic hydroxyl groups excluding tert-OH is 2. The highest BCUT2D eigenvalue weighted by Crippen LogP contribution is 2.13. The predicted octanol–water partition coefficient (Wildman–Crippen LogP) is 1.74. The molecule has 4 nitrogen and oxygen atoms in total. The lowest BCUT2D eigenvalue weighted by molar-refractivity contribution is 0.0866. The minimum absolute atomic E-state index is 0.0511. The summed E-state index contributed by atoms with van der Waals surface area (Å²) in [4.78, 5) is 0. The molecule has 0 aliphatic heterocycles. The number of rotatable bonds is 9. The topological polar surface area (TPSA) is 61.7 Å². The lowest BCUT2D eigenvalue weighted by Gasteiger charge is -2.28. The summed E-state index contributed by atoms with van der Waals surface area (Å²) in [5, 5.41) is 22.3. The SMILES string of the molecule is CCc1ccc(OCC(O)CNC(C)(CC)CO)cc1. The van der Waals surface area contributed by atoms with Crippen molar-refractivity contribution in [2.45, 2.75) is 45.3 Å². The van der Waals surface area contributed by atoms with Gasteiger partial charge in [0.25, 0.3) is 0 Å². The first-order valence-corrected chi connectivity index (χ1v) is 7.28. The molecule has 2 unspecified atom stereocenters. The van der Waals surface area contributed by atoms with Crippen molar-refractivity contribution in [1.82, 2.24) is 5.32 Å². The molecule has 0 fully saturated rings. The van der Waals surface area contributed by atoms with Gasteiger partial charge in [0.1, 0.15) is 18.5 Å². The van der Waals surface area contributed by atoms with Crippen molar-refractivity contribution in [3.8, 4) is 5.75 Å². The first-order valence-electron chi connectivity index (χ1n) is 7.28. The molecule has 0 saturated heterocycles. The molecule has 4 heteroatoms. The number of aryl methyl sites for hydroxylation is 1. The Bertz CT molecular complexity index is 374. The van der Waals surface area contributed by atoms with Crippen LogP contribution < -0.4 is 10.1 Å². The molecule has 114 valence electrons. The number of benzene rings is 1. The minimum atomic E-state index is -0.599. The monoisotopic (exact) mass is 281 g/mol. The van der Waals surface area contributed by atoms with Crippen molar-refractivity contribution in [2.75, 3.05) is 19.8 Å². The third kappa shape index (κ3) is 5.49. The van der Waals surface area contributed by atoms with Gasteiger partial charge in [-0.2, -0.15) is 0 Å². The Labute approximate surface area is 121 Å². The lowest BCUT2D eigenvalue weighted by atomic mass is 10.0. The molecule has 0 aliphatic rings. The third-order valence-corrected chi connectivity index (χ3v) is 3.67. The van der Waals surface area contributed by atoms with Crippen molar-refractivity contribution in [2.24, 2.45) is 0 Å². The average Bonchev–Trinajstić information content (AvgIpc) is 2.51. The maximum atomic E-state index is 9.90. The van der Waals surface area contributed by atoms with E-state index in [-0.39, 0.29) is 18.8 Å². The van der Waals surface area contributed by atoms with Crippen LogP contribution in [0.1, 0.15) is 32.8 Å². The molecule has 1 aromatic rings. The molecule has 0 spiro atoms. The van der Waals surface area contributed by atoms with Crippen molar-refractivity contribution < 1.29 is 14.9 Å². The van der Waals surface area contributed by atoms with E-state index in [1.807, 2.05) is 38.1 Å². The van der Waals surface area contributed by atoms with Gasteiger partial charge in [-0.3, -0.25) is 0 Å². The van der Waals surface area contributed by atoms with Crippen LogP contribution in [0.2, 0.25) is 0 Å². The molecule has 1 aromatic carbocycles. The van der Waals surface area contributed by atoms with Gasteiger partial charge in [-0.1, -0.05) is 26.0 Å². The fraction of sp³-hybridized carbons (Fsp3) is 0.625. The Hall–Kier alpha value is -1.10. The quantitative estimate of drug-likeness (QED) is 0.645. The van der Waals surface area contributed by atoms with Crippen LogP contribution in [0.25, 0.3) is 0 Å². The number of aliphatic hydroxyl groups is 2. The van der Waals surface area contributed by atoms with Gasteiger partial charge in [0.05, 0.1) is 6.61 Å². The van der Waals surface area contributed by atoms with E-state index >= 15 is 0 Å². The van der Waals surface area contributed by atoms with Crippen molar-refractivity contribution in [3.63, 3.8) is 0 Å². The lowest BCUT2D eigenvalue weighted by Crippen LogP contribution is -2.49. The molecule has 2 atom stereocenters. The summed E-state index contributed by atoms with van der Waals surface area (Å²) in [6.45, 7) is 6.74. The average molecular weight is 281 g/mol. The van der Waals surface area contributed by atoms with Gasteiger partial charge < -0.3 is 20.3 Å². The van der Waals surface area contributed by atoms with Gasteiger partial charge in [0.15, 0.2) is 0 Å². The zero-order chi connectivity index (χ0) is 15.0. The summed E-state index contributed by atoms with van der Waals surface area (Å²) in [5.41, 5.74) is 0.922. The zero-order valence-electron chi connectivity index (χ0n) is 12.7. The predicted molar refractivity (Wildman–Crippen MR) is 81.1 cm³/mol. The van der Waals surface area contributed by atoms with Crippen LogP contribution in [-0.2, 0) is 6.42 Å². The first-order chi connectivity index (χ1) is 9.53. The van der Waals surface area contributed by atoms with E-state index in [1.165, 1.54) is 5.56 Å². The summed E-state index contributed by atoms with van der Waals surface area (Å²) in [6.07, 6.45) is 1.21. The molecule has 3 N–H and O–H groups in total. The van der Waals surface area contributed by atoms with E-state index < -0.39 is 6.10 Å². The standard InChI is InChI=1S/C16H27NO3/c1-4-13-6-8-15(9-7-13)20-11-14(19)10-17-16(3,5-2)12-18/h6-9,14,17-19H,4-5,10-12H2,1-3H3. The highest BCUT2D eigenvalue weighted by molar-refractivity contribution is 5.27. The number of nitrogens with one attached hydrogen (secondary N) is 1. The van der Waals surface area contributed by atoms with E-state index in [9.17, 15) is 10.2 Å². The second-order valence-corrected chi connectivity index (χ2v) is 5.42. The molecule has 20 heavy (non-hydrogen) atoms. The number of β-amino-alcohol motifs (C(OH)–C–C–N with tert-alkyl or cyclic N) is 1. The largest absolute Gasteiger partial charge is 0.491 e. The molecule has 0 aromatic heterocycles. The highest BCUT2D eigenvalue weighted by Gasteiger charge is 2.21. The normalized spacial score (nSPS) is 15.7. The van der Waals surface area contributed by atoms with Crippen molar-refractivity contribution in [1.29, 1.82) is 0 Å². The molecular weight excluding hydrogens is 254 g/mol. The fourth-order valence-corrected chi connectivity index (χ4v) is 1.73. The van der Waals surface area contributed by atoms with Gasteiger partial charge in [0.2, 0.25) is 0 Å². The van der Waals surface area contributed by atoms with Crippen LogP contribution in [0, 0.1) is 0 Å². The van der Waals surface area contributed by atoms with E-state index in [0.717, 1.165) is 18.6 Å². The molecule has 0 saturated carbocycles. The van der Waals surface area contributed by atoms with Gasteiger partial charge in [-0.25, -0.2) is 0 Å². The van der Waals surface area contributed by atoms with E-state index in [0.29, 0.717) is 6.54 Å². The van der Waals surface area contributed by atoms with E-state index in [2.05, 4.69) is 12.2 Å². The van der Waals surface area contributed by atoms with Gasteiger partial charge in [0, 0.05) is 12.1 Å². The number of ether oxygens (including phenoxy) is 1. The summed E-state index contributed by atoms with van der Waals surface area (Å²) >= 11 is 0. The molecule has 0 amide bonds. The van der Waals surface area contributed by atoms with Crippen molar-refractivity contribution >= 4 is 0 Å². The minimum Gasteiger partial charge on any atom is -0.491 e. The maximum absolute atomic E-state index is 9.90. The Morgan fingerprint density at radius 1 is 1.25 bits per heavy atom. The maximum Gasteiger partial charge on any atom is 0.119 e. The highest BCUT2D eigenvalue weighted by atomic mass is 16.5. The fourth-order valence-electron chi connectivity index (χ4n) is 1.73. The molecule has 0 bridgehead atoms. The Kier molecular flexibility index (Phi) is 6.99. The third-order valence-electron chi connectivity index (χ3n) is 3.67. The van der Waals surface area contributed by atoms with Crippen LogP contribution in [0.5, 0.6) is 5.75 Å². The van der Waals surface area contributed by atoms with Crippen LogP contribution in [0.3, 0.4) is 0 Å². The molecule has 0 heterocycles. The van der Waals surface area contributed by atoms with Crippen LogP contribution in [0.4, 0.5) is 0 Å². The Morgan fingerprint density at radius 3 is 2.40 bits per heavy atom. The smallest absolute Gasteiger partial charge is 0.119 e. The molecular formula is C16H27NO3. The van der Waals surface area contributed by atoms with E-state index in [1.54, 1.807) is 0 Å².